The molecule has 154 valence electrons. The number of hydrazone groups is 1. The Hall–Kier alpha value is -3.19. The number of hydrogen-bond donors (Lipinski definition) is 1. The standard InChI is InChI=1S/C23H23N3O3S/c1-23(2,3)18-12-10-16(11-13-18)14-24-25-21(27)15-26-19-8-4-6-17-7-5-9-20(22(17)19)30(26,28)29/h4-14H,15H2,1-3H3,(H,25,27)/b24-14-. The summed E-state index contributed by atoms with van der Waals surface area (Å²) in [5, 5.41) is 5.45. The van der Waals surface area contributed by atoms with E-state index in [9.17, 15) is 13.2 Å². The van der Waals surface area contributed by atoms with E-state index in [-0.39, 0.29) is 16.9 Å². The number of nitrogens with zero attached hydrogens (tertiary/aromatic N) is 2. The van der Waals surface area contributed by atoms with E-state index in [1.54, 1.807) is 24.3 Å². The zero-order valence-corrected chi connectivity index (χ0v) is 17.9. The van der Waals surface area contributed by atoms with E-state index in [2.05, 4.69) is 31.3 Å². The maximum Gasteiger partial charge on any atom is 0.265 e. The van der Waals surface area contributed by atoms with E-state index in [4.69, 9.17) is 0 Å². The van der Waals surface area contributed by atoms with Gasteiger partial charge < -0.3 is 0 Å². The Labute approximate surface area is 176 Å². The summed E-state index contributed by atoms with van der Waals surface area (Å²) in [6, 6.07) is 18.4. The van der Waals surface area contributed by atoms with Crippen molar-refractivity contribution in [2.24, 2.45) is 5.10 Å². The predicted octanol–water partition coefficient (Wildman–Crippen LogP) is 3.80. The van der Waals surface area contributed by atoms with Gasteiger partial charge in [-0.2, -0.15) is 5.10 Å². The first-order valence-electron chi connectivity index (χ1n) is 9.65. The Kier molecular flexibility index (Phi) is 4.86. The number of carbonyl (C=O) groups is 1. The molecule has 6 nitrogen and oxygen atoms in total. The monoisotopic (exact) mass is 421 g/mol. The van der Waals surface area contributed by atoms with Crippen LogP contribution in [0.4, 0.5) is 5.69 Å². The summed E-state index contributed by atoms with van der Waals surface area (Å²) in [7, 11) is -3.77. The topological polar surface area (TPSA) is 78.8 Å². The molecule has 0 aromatic heterocycles. The number of carbonyl (C=O) groups excluding carboxylic acids is 1. The second-order valence-corrected chi connectivity index (χ2v) is 10.1. The first-order chi connectivity index (χ1) is 14.2. The molecule has 0 saturated carbocycles. The molecular formula is C23H23N3O3S. The van der Waals surface area contributed by atoms with Crippen molar-refractivity contribution in [3.8, 4) is 0 Å². The van der Waals surface area contributed by atoms with Crippen LogP contribution < -0.4 is 9.73 Å². The van der Waals surface area contributed by atoms with Gasteiger partial charge in [0, 0.05) is 5.39 Å². The highest BCUT2D eigenvalue weighted by molar-refractivity contribution is 7.93. The first-order valence-corrected chi connectivity index (χ1v) is 11.1. The van der Waals surface area contributed by atoms with Gasteiger partial charge in [0.2, 0.25) is 0 Å². The number of sulfonamides is 1. The first kappa shape index (κ1) is 20.1. The maximum absolute atomic E-state index is 12.9. The molecular weight excluding hydrogens is 398 g/mol. The van der Waals surface area contributed by atoms with E-state index in [0.29, 0.717) is 11.1 Å². The van der Waals surface area contributed by atoms with Gasteiger partial charge >= 0.3 is 0 Å². The van der Waals surface area contributed by atoms with Crippen molar-refractivity contribution >= 4 is 38.6 Å². The van der Waals surface area contributed by atoms with Crippen LogP contribution in [0.2, 0.25) is 0 Å². The maximum atomic E-state index is 12.9. The average molecular weight is 422 g/mol. The van der Waals surface area contributed by atoms with Crippen molar-refractivity contribution in [3.05, 3.63) is 71.8 Å². The van der Waals surface area contributed by atoms with Crippen LogP contribution in [0.15, 0.2) is 70.7 Å². The molecule has 0 unspecified atom stereocenters. The lowest BCUT2D eigenvalue weighted by atomic mass is 9.87. The fourth-order valence-corrected chi connectivity index (χ4v) is 5.21. The van der Waals surface area contributed by atoms with E-state index in [0.717, 1.165) is 15.3 Å². The van der Waals surface area contributed by atoms with E-state index >= 15 is 0 Å². The number of benzene rings is 3. The normalized spacial score (nSPS) is 15.1. The van der Waals surface area contributed by atoms with Crippen molar-refractivity contribution in [2.45, 2.75) is 31.1 Å². The van der Waals surface area contributed by atoms with Crippen molar-refractivity contribution < 1.29 is 13.2 Å². The van der Waals surface area contributed by atoms with Gasteiger partial charge in [0.1, 0.15) is 6.54 Å². The van der Waals surface area contributed by atoms with Crippen LogP contribution in [0.5, 0.6) is 0 Å². The lowest BCUT2D eigenvalue weighted by Crippen LogP contribution is -2.37. The Morgan fingerprint density at radius 3 is 2.37 bits per heavy atom. The molecule has 1 aliphatic rings. The van der Waals surface area contributed by atoms with Gasteiger partial charge in [-0.1, -0.05) is 69.3 Å². The lowest BCUT2D eigenvalue weighted by Gasteiger charge is -2.18. The van der Waals surface area contributed by atoms with Crippen molar-refractivity contribution in [3.63, 3.8) is 0 Å². The third-order valence-electron chi connectivity index (χ3n) is 5.15. The highest BCUT2D eigenvalue weighted by atomic mass is 32.2. The van der Waals surface area contributed by atoms with Gasteiger partial charge in [0.25, 0.3) is 15.9 Å². The zero-order chi connectivity index (χ0) is 21.5. The van der Waals surface area contributed by atoms with Crippen LogP contribution in [0.3, 0.4) is 0 Å². The van der Waals surface area contributed by atoms with Gasteiger partial charge in [-0.05, 0) is 34.1 Å². The number of hydrogen-bond acceptors (Lipinski definition) is 4. The second-order valence-electron chi connectivity index (χ2n) is 8.31. The Bertz CT molecular complexity index is 1250. The van der Waals surface area contributed by atoms with Crippen LogP contribution in [0, 0.1) is 0 Å². The largest absolute Gasteiger partial charge is 0.271 e. The number of anilines is 1. The molecule has 0 saturated heterocycles. The summed E-state index contributed by atoms with van der Waals surface area (Å²) in [6.45, 7) is 6.08. The summed E-state index contributed by atoms with van der Waals surface area (Å²) in [5.41, 5.74) is 5.05. The molecule has 1 amide bonds. The predicted molar refractivity (Wildman–Crippen MR) is 119 cm³/mol. The Morgan fingerprint density at radius 1 is 1.03 bits per heavy atom. The fraction of sp³-hybridized carbons (Fsp3) is 0.217. The highest BCUT2D eigenvalue weighted by Crippen LogP contribution is 2.41. The van der Waals surface area contributed by atoms with Crippen LogP contribution >= 0.6 is 0 Å². The van der Waals surface area contributed by atoms with Crippen molar-refractivity contribution in [1.82, 2.24) is 5.43 Å². The van der Waals surface area contributed by atoms with E-state index in [1.165, 1.54) is 11.8 Å². The molecule has 1 N–H and O–H groups in total. The molecule has 0 radical (unpaired) electrons. The summed E-state index contributed by atoms with van der Waals surface area (Å²) < 4.78 is 27.0. The molecule has 3 aromatic carbocycles. The zero-order valence-electron chi connectivity index (χ0n) is 17.1. The van der Waals surface area contributed by atoms with Gasteiger partial charge in [0.15, 0.2) is 0 Å². The Morgan fingerprint density at radius 2 is 1.70 bits per heavy atom. The lowest BCUT2D eigenvalue weighted by molar-refractivity contribution is -0.119. The Balaban J connectivity index is 1.47. The van der Waals surface area contributed by atoms with Crippen molar-refractivity contribution in [2.75, 3.05) is 10.8 Å². The minimum Gasteiger partial charge on any atom is -0.271 e. The summed E-state index contributed by atoms with van der Waals surface area (Å²) in [5.74, 6) is -0.508. The molecule has 3 aromatic rings. The van der Waals surface area contributed by atoms with Crippen molar-refractivity contribution in [1.29, 1.82) is 0 Å². The molecule has 1 heterocycles. The highest BCUT2D eigenvalue weighted by Gasteiger charge is 2.36. The SMILES string of the molecule is CC(C)(C)c1ccc(/C=N\NC(=O)CN2c3cccc4cccc(c34)S2(=O)=O)cc1. The summed E-state index contributed by atoms with van der Waals surface area (Å²) >= 11 is 0. The number of nitrogens with one attached hydrogen (secondary N) is 1. The fourth-order valence-electron chi connectivity index (χ4n) is 3.54. The molecule has 0 bridgehead atoms. The molecule has 30 heavy (non-hydrogen) atoms. The average Bonchev–Trinajstić information content (AvgIpc) is 2.91. The molecule has 4 rings (SSSR count). The van der Waals surface area contributed by atoms with Gasteiger partial charge in [-0.25, -0.2) is 13.8 Å². The van der Waals surface area contributed by atoms with Gasteiger partial charge in [0.05, 0.1) is 16.8 Å². The summed E-state index contributed by atoms with van der Waals surface area (Å²) in [6.07, 6.45) is 1.54. The minimum absolute atomic E-state index is 0.0611. The molecule has 1 aliphatic heterocycles. The van der Waals surface area contributed by atoms with E-state index in [1.807, 2.05) is 36.4 Å². The molecule has 0 atom stereocenters. The van der Waals surface area contributed by atoms with E-state index < -0.39 is 15.9 Å². The minimum atomic E-state index is -3.77. The quantitative estimate of drug-likeness (QED) is 0.514. The second kappa shape index (κ2) is 7.25. The third-order valence-corrected chi connectivity index (χ3v) is 6.95. The molecule has 0 fully saturated rings. The third kappa shape index (κ3) is 3.57. The smallest absolute Gasteiger partial charge is 0.265 e. The van der Waals surface area contributed by atoms with Gasteiger partial charge in [-0.15, -0.1) is 0 Å². The van der Waals surface area contributed by atoms with Crippen LogP contribution in [-0.2, 0) is 20.2 Å². The van der Waals surface area contributed by atoms with Crippen LogP contribution in [0.25, 0.3) is 10.8 Å². The van der Waals surface area contributed by atoms with Crippen LogP contribution in [-0.4, -0.2) is 27.1 Å². The van der Waals surface area contributed by atoms with Gasteiger partial charge in [-0.3, -0.25) is 9.10 Å². The molecule has 7 heteroatoms. The molecule has 0 spiro atoms. The molecule has 0 aliphatic carbocycles. The van der Waals surface area contributed by atoms with Crippen LogP contribution in [0.1, 0.15) is 31.9 Å². The summed E-state index contributed by atoms with van der Waals surface area (Å²) in [4.78, 5) is 12.6. The number of amides is 1. The number of rotatable bonds is 4.